The zero-order chi connectivity index (χ0) is 29.0. The van der Waals surface area contributed by atoms with Gasteiger partial charge < -0.3 is 9.47 Å². The van der Waals surface area contributed by atoms with E-state index in [0.29, 0.717) is 16.4 Å². The van der Waals surface area contributed by atoms with Gasteiger partial charge in [-0.2, -0.15) is 0 Å². The average Bonchev–Trinajstić information content (AvgIpc) is 2.98. The summed E-state index contributed by atoms with van der Waals surface area (Å²) < 4.78 is 38.5. The van der Waals surface area contributed by atoms with Crippen molar-refractivity contribution in [3.05, 3.63) is 103 Å². The number of hydrogen-bond acceptors (Lipinski definition) is 4. The summed E-state index contributed by atoms with van der Waals surface area (Å²) in [5, 5.41) is 0. The molecule has 0 heterocycles. The molecule has 0 amide bonds. The van der Waals surface area contributed by atoms with Crippen LogP contribution in [0.2, 0.25) is 0 Å². The monoisotopic (exact) mass is 556 g/mol. The lowest BCUT2D eigenvalue weighted by Gasteiger charge is -2.27. The normalized spacial score (nSPS) is 12.2. The molecule has 210 valence electrons. The van der Waals surface area contributed by atoms with Gasteiger partial charge in [-0.25, -0.2) is 8.42 Å². The highest BCUT2D eigenvalue weighted by atomic mass is 32.2. The van der Waals surface area contributed by atoms with Crippen molar-refractivity contribution < 1.29 is 17.9 Å². The van der Waals surface area contributed by atoms with Crippen LogP contribution in [0.4, 0.5) is 0 Å². The van der Waals surface area contributed by atoms with Gasteiger partial charge in [-0.05, 0) is 116 Å². The van der Waals surface area contributed by atoms with Crippen molar-refractivity contribution in [1.82, 2.24) is 0 Å². The molecular formula is C35H40O4S. The highest BCUT2D eigenvalue weighted by Gasteiger charge is 2.24. The number of rotatable bonds is 11. The molecule has 0 bridgehead atoms. The zero-order valence-corrected chi connectivity index (χ0v) is 25.2. The Bertz CT molecular complexity index is 1500. The zero-order valence-electron chi connectivity index (χ0n) is 24.4. The number of sulfone groups is 1. The summed E-state index contributed by atoms with van der Waals surface area (Å²) in [6, 6.07) is 29.8. The van der Waals surface area contributed by atoms with E-state index in [9.17, 15) is 8.42 Å². The van der Waals surface area contributed by atoms with Crippen LogP contribution in [0.15, 0.2) is 107 Å². The van der Waals surface area contributed by atoms with E-state index < -0.39 is 9.84 Å². The standard InChI is InChI=1S/C35H40O4S/c1-7-34(4,5)39-31-18-12-27(13-19-31)26-10-16-29(17-11-26)38-30-20-24-33(25-21-30)40(36,37)32-22-14-28(15-23-32)35(6,8-2)9-3/h10-25H,7-9H2,1-6H3. The van der Waals surface area contributed by atoms with Crippen LogP contribution in [0.25, 0.3) is 11.1 Å². The predicted molar refractivity (Wildman–Crippen MR) is 163 cm³/mol. The molecule has 0 fully saturated rings. The van der Waals surface area contributed by atoms with E-state index in [0.717, 1.165) is 41.7 Å². The quantitative estimate of drug-likeness (QED) is 0.185. The van der Waals surface area contributed by atoms with Gasteiger partial charge in [0.1, 0.15) is 22.8 Å². The van der Waals surface area contributed by atoms with Gasteiger partial charge in [0.05, 0.1) is 9.79 Å². The molecule has 4 nitrogen and oxygen atoms in total. The molecule has 0 saturated carbocycles. The Kier molecular flexibility index (Phi) is 8.74. The second-order valence-corrected chi connectivity index (χ2v) is 13.1. The molecule has 0 saturated heterocycles. The summed E-state index contributed by atoms with van der Waals surface area (Å²) in [6.45, 7) is 12.8. The summed E-state index contributed by atoms with van der Waals surface area (Å²) in [6.07, 6.45) is 2.93. The van der Waals surface area contributed by atoms with Crippen molar-refractivity contribution in [3.63, 3.8) is 0 Å². The third-order valence-corrected chi connectivity index (χ3v) is 9.87. The molecule has 0 aliphatic rings. The lowest BCUT2D eigenvalue weighted by atomic mass is 9.78. The molecule has 4 aromatic rings. The van der Waals surface area contributed by atoms with Gasteiger partial charge in [0.2, 0.25) is 9.84 Å². The SMILES string of the molecule is CCC(C)(C)Oc1ccc(-c2ccc(Oc3ccc(S(=O)(=O)c4ccc(C(C)(CC)CC)cc4)cc3)cc2)cc1. The van der Waals surface area contributed by atoms with Crippen molar-refractivity contribution in [2.24, 2.45) is 0 Å². The van der Waals surface area contributed by atoms with Crippen LogP contribution in [0, 0.1) is 0 Å². The second-order valence-electron chi connectivity index (χ2n) is 11.1. The average molecular weight is 557 g/mol. The predicted octanol–water partition coefficient (Wildman–Crippen LogP) is 9.62. The fourth-order valence-electron chi connectivity index (χ4n) is 4.48. The summed E-state index contributed by atoms with van der Waals surface area (Å²) in [7, 11) is -3.62. The smallest absolute Gasteiger partial charge is 0.206 e. The van der Waals surface area contributed by atoms with E-state index in [2.05, 4.69) is 53.7 Å². The van der Waals surface area contributed by atoms with E-state index in [1.165, 1.54) is 0 Å². The molecule has 0 atom stereocenters. The molecule has 0 unspecified atom stereocenters. The molecule has 4 rings (SSSR count). The minimum absolute atomic E-state index is 0.0464. The molecular weight excluding hydrogens is 516 g/mol. The molecule has 0 spiro atoms. The molecule has 0 radical (unpaired) electrons. The van der Waals surface area contributed by atoms with Crippen molar-refractivity contribution in [3.8, 4) is 28.4 Å². The van der Waals surface area contributed by atoms with E-state index in [-0.39, 0.29) is 15.9 Å². The Morgan fingerprint density at radius 2 is 0.950 bits per heavy atom. The third-order valence-electron chi connectivity index (χ3n) is 8.08. The highest BCUT2D eigenvalue weighted by molar-refractivity contribution is 7.91. The maximum Gasteiger partial charge on any atom is 0.206 e. The molecule has 4 aromatic carbocycles. The Morgan fingerprint density at radius 3 is 1.38 bits per heavy atom. The van der Waals surface area contributed by atoms with Crippen LogP contribution in [-0.4, -0.2) is 14.0 Å². The maximum atomic E-state index is 13.2. The van der Waals surface area contributed by atoms with E-state index >= 15 is 0 Å². The number of benzene rings is 4. The van der Waals surface area contributed by atoms with Crippen molar-refractivity contribution >= 4 is 9.84 Å². The molecule has 0 aliphatic carbocycles. The Balaban J connectivity index is 1.42. The molecule has 5 heteroatoms. The highest BCUT2D eigenvalue weighted by Crippen LogP contribution is 2.33. The second kappa shape index (κ2) is 11.9. The van der Waals surface area contributed by atoms with Crippen molar-refractivity contribution in [1.29, 1.82) is 0 Å². The first kappa shape index (κ1) is 29.4. The van der Waals surface area contributed by atoms with Crippen molar-refractivity contribution in [2.75, 3.05) is 0 Å². The topological polar surface area (TPSA) is 52.6 Å². The fraction of sp³-hybridized carbons (Fsp3) is 0.314. The third kappa shape index (κ3) is 6.59. The fourth-order valence-corrected chi connectivity index (χ4v) is 5.74. The van der Waals surface area contributed by atoms with Gasteiger partial charge in [0.15, 0.2) is 0 Å². The van der Waals surface area contributed by atoms with Gasteiger partial charge in [-0.1, -0.05) is 64.1 Å². The van der Waals surface area contributed by atoms with E-state index in [4.69, 9.17) is 9.47 Å². The Morgan fingerprint density at radius 1 is 0.550 bits per heavy atom. The first-order valence-corrected chi connectivity index (χ1v) is 15.5. The van der Waals surface area contributed by atoms with Gasteiger partial charge in [-0.15, -0.1) is 0 Å². The van der Waals surface area contributed by atoms with Crippen molar-refractivity contribution in [2.45, 2.75) is 81.6 Å². The van der Waals surface area contributed by atoms with Crippen LogP contribution < -0.4 is 9.47 Å². The summed E-state index contributed by atoms with van der Waals surface area (Å²) >= 11 is 0. The Labute approximate surface area is 239 Å². The minimum atomic E-state index is -3.62. The first-order valence-electron chi connectivity index (χ1n) is 14.0. The van der Waals surface area contributed by atoms with Gasteiger partial charge >= 0.3 is 0 Å². The molecule has 0 aromatic heterocycles. The summed E-state index contributed by atoms with van der Waals surface area (Å²) in [5.41, 5.74) is 3.17. The van der Waals surface area contributed by atoms with E-state index in [1.807, 2.05) is 48.5 Å². The molecule has 40 heavy (non-hydrogen) atoms. The molecule has 0 N–H and O–H groups in total. The largest absolute Gasteiger partial charge is 0.488 e. The van der Waals surface area contributed by atoms with Crippen LogP contribution >= 0.6 is 0 Å². The molecule has 0 aliphatic heterocycles. The number of hydrogen-bond donors (Lipinski definition) is 0. The summed E-state index contributed by atoms with van der Waals surface area (Å²) in [5.74, 6) is 2.10. The van der Waals surface area contributed by atoms with Crippen LogP contribution in [0.5, 0.6) is 17.2 Å². The Hall–Kier alpha value is -3.57. The van der Waals surface area contributed by atoms with Crippen LogP contribution in [0.3, 0.4) is 0 Å². The van der Waals surface area contributed by atoms with Gasteiger partial charge in [0.25, 0.3) is 0 Å². The van der Waals surface area contributed by atoms with Gasteiger partial charge in [-0.3, -0.25) is 0 Å². The lowest BCUT2D eigenvalue weighted by Crippen LogP contribution is -2.26. The maximum absolute atomic E-state index is 13.2. The number of ether oxygens (including phenoxy) is 2. The van der Waals surface area contributed by atoms with Crippen LogP contribution in [0.1, 0.15) is 66.4 Å². The van der Waals surface area contributed by atoms with E-state index in [1.54, 1.807) is 36.4 Å². The lowest BCUT2D eigenvalue weighted by molar-refractivity contribution is 0.105. The minimum Gasteiger partial charge on any atom is -0.488 e. The van der Waals surface area contributed by atoms with Crippen LogP contribution in [-0.2, 0) is 15.3 Å². The summed E-state index contributed by atoms with van der Waals surface area (Å²) in [4.78, 5) is 0.537. The van der Waals surface area contributed by atoms with Gasteiger partial charge in [0, 0.05) is 0 Å². The first-order chi connectivity index (χ1) is 19.0.